The topological polar surface area (TPSA) is 182 Å². The van der Waals surface area contributed by atoms with Crippen LogP contribution in [0.1, 0.15) is 111 Å². The van der Waals surface area contributed by atoms with Gasteiger partial charge in [-0.05, 0) is 99.0 Å². The quantitative estimate of drug-likeness (QED) is 0.128. The smallest absolute Gasteiger partial charge is 0.369 e. The minimum absolute atomic E-state index is 0.0394. The predicted molar refractivity (Wildman–Crippen MR) is 169 cm³/mol. The Morgan fingerprint density at radius 1 is 1.02 bits per heavy atom. The summed E-state index contributed by atoms with van der Waals surface area (Å²) in [6, 6.07) is 0. The second-order valence-electron chi connectivity index (χ2n) is 13.6. The number of hydrogen-bond acceptors (Lipinski definition) is 5. The molecule has 9 nitrogen and oxygen atoms in total. The van der Waals surface area contributed by atoms with Crippen molar-refractivity contribution in [1.82, 2.24) is 0 Å². The lowest BCUT2D eigenvalue weighted by Gasteiger charge is -2.44. The highest BCUT2D eigenvalue weighted by Crippen LogP contribution is 2.69. The molecule has 0 aromatic rings. The molecule has 3 fully saturated rings. The number of hydrogen-bond donors (Lipinski definition) is 7. The van der Waals surface area contributed by atoms with Gasteiger partial charge in [0.2, 0.25) is 0 Å². The summed E-state index contributed by atoms with van der Waals surface area (Å²) in [4.78, 5) is 34.5. The maximum atomic E-state index is 10.7. The van der Waals surface area contributed by atoms with Gasteiger partial charge in [0, 0.05) is 6.42 Å². The van der Waals surface area contributed by atoms with Crippen LogP contribution in [0.3, 0.4) is 0 Å². The van der Waals surface area contributed by atoms with Gasteiger partial charge in [-0.3, -0.25) is 9.13 Å². The molecule has 0 saturated heterocycles. The first-order chi connectivity index (χ1) is 19.4. The van der Waals surface area contributed by atoms with Gasteiger partial charge in [-0.1, -0.05) is 76.8 Å². The van der Waals surface area contributed by atoms with Crippen LogP contribution in [0.25, 0.3) is 0 Å². The molecule has 0 amide bonds. The highest BCUT2D eigenvalue weighted by atomic mass is 31.2. The fourth-order valence-electron chi connectivity index (χ4n) is 7.46. The molecule has 3 aliphatic rings. The summed E-state index contributed by atoms with van der Waals surface area (Å²) in [6.07, 6.45) is 17.4. The molecular weight excluding hydrogens is 576 g/mol. The molecule has 11 heteroatoms. The van der Waals surface area contributed by atoms with Crippen molar-refractivity contribution in [3.05, 3.63) is 35.5 Å². The van der Waals surface area contributed by atoms with E-state index in [-0.39, 0.29) is 19.1 Å². The Kier molecular flexibility index (Phi) is 14.0. The first-order valence-electron chi connectivity index (χ1n) is 15.7. The van der Waals surface area contributed by atoms with E-state index in [1.807, 2.05) is 0 Å². The molecule has 3 aliphatic carbocycles. The molecule has 0 bridgehead atoms. The van der Waals surface area contributed by atoms with E-state index in [1.165, 1.54) is 62.5 Å². The fraction of sp³-hybridized carbons (Fsp3) is 0.806. The largest absolute Gasteiger partial charge is 0.393 e. The van der Waals surface area contributed by atoms with Crippen molar-refractivity contribution >= 4 is 15.2 Å². The molecule has 3 rings (SSSR count). The van der Waals surface area contributed by atoms with E-state index >= 15 is 0 Å². The van der Waals surface area contributed by atoms with E-state index < -0.39 is 26.7 Å². The van der Waals surface area contributed by atoms with E-state index in [9.17, 15) is 19.3 Å². The van der Waals surface area contributed by atoms with Crippen molar-refractivity contribution in [3.63, 3.8) is 0 Å². The highest BCUT2D eigenvalue weighted by molar-refractivity contribution is 7.72. The van der Waals surface area contributed by atoms with Gasteiger partial charge in [0.15, 0.2) is 0 Å². The number of aliphatic hydroxyl groups excluding tert-OH is 1. The van der Waals surface area contributed by atoms with Gasteiger partial charge in [0.1, 0.15) is 0 Å². The van der Waals surface area contributed by atoms with Gasteiger partial charge in [-0.2, -0.15) is 0 Å². The molecule has 0 heterocycles. The van der Waals surface area contributed by atoms with Crippen molar-refractivity contribution in [1.29, 1.82) is 0 Å². The van der Waals surface area contributed by atoms with Crippen molar-refractivity contribution in [3.8, 4) is 0 Å². The molecule has 244 valence electrons. The minimum Gasteiger partial charge on any atom is -0.393 e. The van der Waals surface area contributed by atoms with Gasteiger partial charge in [0.05, 0.1) is 6.10 Å². The summed E-state index contributed by atoms with van der Waals surface area (Å²) in [5.74, 6) is 3.37. The maximum Gasteiger partial charge on any atom is 0.369 e. The molecule has 0 radical (unpaired) electrons. The normalized spacial score (nSPS) is 29.9. The van der Waals surface area contributed by atoms with E-state index in [0.717, 1.165) is 42.9 Å². The molecule has 0 unspecified atom stereocenters. The van der Waals surface area contributed by atoms with Gasteiger partial charge in [0.25, 0.3) is 5.08 Å². The number of fused-ring (bicyclic) bond motifs is 1. The second kappa shape index (κ2) is 15.6. The number of nitrogens with two attached hydrogens (primary N) is 1. The number of aliphatic hydroxyl groups is 2. The molecule has 0 aromatic carbocycles. The van der Waals surface area contributed by atoms with E-state index in [2.05, 4.69) is 46.4 Å². The third-order valence-corrected chi connectivity index (χ3v) is 13.9. The summed E-state index contributed by atoms with van der Waals surface area (Å²) in [5.41, 5.74) is 9.72. The lowest BCUT2D eigenvalue weighted by molar-refractivity contribution is 0.0928. The van der Waals surface area contributed by atoms with Crippen LogP contribution in [-0.2, 0) is 9.13 Å². The number of allylic oxidation sites excluding steroid dienone is 4. The van der Waals surface area contributed by atoms with Crippen molar-refractivity contribution in [2.75, 3.05) is 6.54 Å². The Morgan fingerprint density at radius 3 is 2.24 bits per heavy atom. The minimum atomic E-state index is -5.30. The first-order valence-corrected chi connectivity index (χ1v) is 18.9. The second-order valence-corrected chi connectivity index (χ2v) is 17.6. The van der Waals surface area contributed by atoms with Crippen LogP contribution in [0.2, 0.25) is 0 Å². The lowest BCUT2D eigenvalue weighted by Crippen LogP contribution is -2.36. The summed E-state index contributed by atoms with van der Waals surface area (Å²) in [5, 5.41) is 15.9. The molecular formula is C31H57NO8P2. The molecule has 5 atom stereocenters. The fourth-order valence-corrected chi connectivity index (χ4v) is 9.72. The third-order valence-electron chi connectivity index (χ3n) is 10.0. The summed E-state index contributed by atoms with van der Waals surface area (Å²) >= 11 is 0. The molecule has 42 heavy (non-hydrogen) atoms. The van der Waals surface area contributed by atoms with E-state index in [1.54, 1.807) is 5.57 Å². The third kappa shape index (κ3) is 9.45. The predicted octanol–water partition coefficient (Wildman–Crippen LogP) is 6.35. The van der Waals surface area contributed by atoms with E-state index in [4.69, 9.17) is 25.3 Å². The molecule has 0 aliphatic heterocycles. The summed E-state index contributed by atoms with van der Waals surface area (Å²) in [6.45, 7) is 14.0. The van der Waals surface area contributed by atoms with Crippen molar-refractivity contribution in [2.24, 2.45) is 34.8 Å². The lowest BCUT2D eigenvalue weighted by atomic mass is 9.60. The zero-order valence-corrected chi connectivity index (χ0v) is 27.9. The van der Waals surface area contributed by atoms with Gasteiger partial charge < -0.3 is 35.5 Å². The van der Waals surface area contributed by atoms with Crippen molar-refractivity contribution < 1.29 is 38.9 Å². The Balaban J connectivity index is 0.000000374. The monoisotopic (exact) mass is 633 g/mol. The molecule has 0 spiro atoms. The van der Waals surface area contributed by atoms with Crippen LogP contribution in [0.4, 0.5) is 0 Å². The number of rotatable bonds is 11. The highest BCUT2D eigenvalue weighted by Gasteiger charge is 2.58. The van der Waals surface area contributed by atoms with Gasteiger partial charge in [-0.15, -0.1) is 0 Å². The Morgan fingerprint density at radius 2 is 1.67 bits per heavy atom. The van der Waals surface area contributed by atoms with E-state index in [0.29, 0.717) is 5.41 Å². The van der Waals surface area contributed by atoms with Crippen LogP contribution in [0.15, 0.2) is 35.5 Å². The molecule has 3 saturated carbocycles. The average Bonchev–Trinajstić information content (AvgIpc) is 3.24. The Labute approximate surface area is 253 Å². The molecule has 8 N–H and O–H groups in total. The summed E-state index contributed by atoms with van der Waals surface area (Å²) in [7, 11) is -10.6. The van der Waals surface area contributed by atoms with Crippen LogP contribution in [-0.4, -0.2) is 47.5 Å². The van der Waals surface area contributed by atoms with Crippen LogP contribution < -0.4 is 5.73 Å². The van der Waals surface area contributed by atoms with Crippen molar-refractivity contribution in [2.45, 2.75) is 122 Å². The van der Waals surface area contributed by atoms with Gasteiger partial charge in [-0.25, -0.2) is 0 Å². The van der Waals surface area contributed by atoms with Crippen LogP contribution in [0, 0.1) is 29.1 Å². The molecule has 0 aromatic heterocycles. The van der Waals surface area contributed by atoms with Crippen LogP contribution >= 0.6 is 15.2 Å². The first kappa shape index (κ1) is 37.6. The zero-order valence-electron chi connectivity index (χ0n) is 26.1. The average molecular weight is 634 g/mol. The standard InChI is InChI=1S/C27H44O.C4H13NO7P2/c1-19(2)8-6-9-21(4)25-15-16-26-22(10-7-17-27(25,26)5)12-13-23-18-24(28)14-11-20(23)3;5-3-1-2-4(6,13(7,8)9)14(10,11)12/h12-13,19,21,24-26,28H,3,6-11,14-18H2,1-2,4-5H3;6H,1-3,5H2,(H2,7,8,9)(H2,10,11,12)/b22-12-,23-13-;/t21-,24+,25-,26+,27-;/m1./s1. The Bertz CT molecular complexity index is 1040. The van der Waals surface area contributed by atoms with Gasteiger partial charge >= 0.3 is 15.2 Å². The summed E-state index contributed by atoms with van der Waals surface area (Å²) < 4.78 is 21.4. The SMILES string of the molecule is C=C1CC[C@H](O)C/C1=C/C=C1/CCC[C@]2(C)[C@@H]([C@H](C)CCCC(C)C)CC[C@@H]12.NCCCC(O)(P(=O)(O)O)P(=O)(O)O. The maximum absolute atomic E-state index is 10.7. The van der Waals surface area contributed by atoms with Crippen LogP contribution in [0.5, 0.6) is 0 Å². The zero-order chi connectivity index (χ0) is 31.9. The Hall–Kier alpha value is -0.600.